The summed E-state index contributed by atoms with van der Waals surface area (Å²) < 4.78 is 1.06. The van der Waals surface area contributed by atoms with E-state index in [-0.39, 0.29) is 11.3 Å². The van der Waals surface area contributed by atoms with Crippen molar-refractivity contribution in [1.29, 1.82) is 0 Å². The molecule has 2 unspecified atom stereocenters. The minimum absolute atomic E-state index is 0.00116. The molecule has 0 amide bonds. The summed E-state index contributed by atoms with van der Waals surface area (Å²) in [6.45, 7) is 2.12. The van der Waals surface area contributed by atoms with Crippen LogP contribution in [0, 0.1) is 11.3 Å². The van der Waals surface area contributed by atoms with Gasteiger partial charge in [-0.05, 0) is 6.42 Å². The van der Waals surface area contributed by atoms with E-state index in [1.54, 1.807) is 12.4 Å². The Morgan fingerprint density at radius 1 is 1.75 bits per heavy atom. The summed E-state index contributed by atoms with van der Waals surface area (Å²) in [6, 6.07) is 0. The quantitative estimate of drug-likeness (QED) is 0.625. The van der Waals surface area contributed by atoms with E-state index in [0.29, 0.717) is 12.2 Å². The van der Waals surface area contributed by atoms with Crippen LogP contribution in [-0.4, -0.2) is 12.0 Å². The Morgan fingerprint density at radius 3 is 3.17 bits per heavy atom. The van der Waals surface area contributed by atoms with Crippen molar-refractivity contribution in [2.45, 2.75) is 19.8 Å². The van der Waals surface area contributed by atoms with E-state index in [0.717, 1.165) is 10.9 Å². The zero-order valence-electron chi connectivity index (χ0n) is 6.88. The van der Waals surface area contributed by atoms with Crippen LogP contribution in [0.1, 0.15) is 19.8 Å². The summed E-state index contributed by atoms with van der Waals surface area (Å²) in [5.41, 5.74) is -0.00116. The Balaban J connectivity index is 2.44. The van der Waals surface area contributed by atoms with Gasteiger partial charge in [0.25, 0.3) is 0 Å². The molecule has 2 rings (SSSR count). The average Bonchev–Trinajstić information content (AvgIpc) is 2.33. The highest BCUT2D eigenvalue weighted by atomic mass is 79.9. The number of hydrogen-bond acceptors (Lipinski definition) is 2. The van der Waals surface area contributed by atoms with E-state index in [2.05, 4.69) is 27.8 Å². The van der Waals surface area contributed by atoms with Gasteiger partial charge >= 0.3 is 0 Å². The number of nitrogens with zero attached hydrogens (tertiary/aromatic N) is 1. The van der Waals surface area contributed by atoms with Crippen molar-refractivity contribution in [3.63, 3.8) is 0 Å². The molecule has 0 saturated heterocycles. The molecule has 1 fully saturated rings. The molecular weight excluding hydrogens is 218 g/mol. The maximum atomic E-state index is 11.4. The van der Waals surface area contributed by atoms with Gasteiger partial charge in [-0.25, -0.2) is 0 Å². The smallest absolute Gasteiger partial charge is 0.142 e. The van der Waals surface area contributed by atoms with Gasteiger partial charge in [-0.1, -0.05) is 22.9 Å². The van der Waals surface area contributed by atoms with Gasteiger partial charge in [0.15, 0.2) is 0 Å². The second-order valence-electron chi connectivity index (χ2n) is 3.64. The van der Waals surface area contributed by atoms with Crippen LogP contribution < -0.4 is 0 Å². The molecule has 1 aliphatic carbocycles. The SMILES string of the molecule is CC12CCC(=O)C1C=NC=C2Br. The highest BCUT2D eigenvalue weighted by Gasteiger charge is 2.46. The molecule has 1 aliphatic heterocycles. The average molecular weight is 228 g/mol. The second kappa shape index (κ2) is 2.52. The number of rotatable bonds is 0. The predicted octanol–water partition coefficient (Wildman–Crippen LogP) is 2.29. The van der Waals surface area contributed by atoms with Crippen molar-refractivity contribution in [2.24, 2.45) is 16.3 Å². The first-order valence-corrected chi connectivity index (χ1v) is 4.86. The maximum absolute atomic E-state index is 11.4. The lowest BCUT2D eigenvalue weighted by Gasteiger charge is -2.29. The number of carbonyl (C=O) groups excluding carboxylic acids is 1. The summed E-state index contributed by atoms with van der Waals surface area (Å²) in [5, 5.41) is 0. The molecule has 0 bridgehead atoms. The van der Waals surface area contributed by atoms with Gasteiger partial charge in [-0.3, -0.25) is 9.79 Å². The zero-order valence-corrected chi connectivity index (χ0v) is 8.47. The normalized spacial score (nSPS) is 39.7. The van der Waals surface area contributed by atoms with Gasteiger partial charge in [0.1, 0.15) is 5.78 Å². The van der Waals surface area contributed by atoms with Crippen LogP contribution in [0.15, 0.2) is 15.7 Å². The molecule has 0 aromatic heterocycles. The summed E-state index contributed by atoms with van der Waals surface area (Å²) in [5.74, 6) is 0.336. The number of halogens is 1. The number of carbonyl (C=O) groups is 1. The number of Topliss-reactive ketones (excluding diaryl/α,β-unsaturated/α-hetero) is 1. The minimum atomic E-state index is -0.00116. The number of ketones is 1. The molecule has 1 saturated carbocycles. The maximum Gasteiger partial charge on any atom is 0.142 e. The topological polar surface area (TPSA) is 29.4 Å². The molecule has 0 N–H and O–H groups in total. The van der Waals surface area contributed by atoms with Gasteiger partial charge in [-0.15, -0.1) is 0 Å². The van der Waals surface area contributed by atoms with Crippen LogP contribution in [0.3, 0.4) is 0 Å². The summed E-state index contributed by atoms with van der Waals surface area (Å²) in [7, 11) is 0. The van der Waals surface area contributed by atoms with Crippen molar-refractivity contribution >= 4 is 27.9 Å². The lowest BCUT2D eigenvalue weighted by atomic mass is 9.79. The molecule has 12 heavy (non-hydrogen) atoms. The van der Waals surface area contributed by atoms with E-state index in [1.807, 2.05) is 0 Å². The highest BCUT2D eigenvalue weighted by molar-refractivity contribution is 9.11. The molecule has 1 heterocycles. The van der Waals surface area contributed by atoms with Crippen molar-refractivity contribution in [2.75, 3.05) is 0 Å². The van der Waals surface area contributed by atoms with E-state index < -0.39 is 0 Å². The molecule has 0 spiro atoms. The zero-order chi connectivity index (χ0) is 8.77. The Kier molecular flexibility index (Phi) is 1.72. The van der Waals surface area contributed by atoms with Crippen LogP contribution in [-0.2, 0) is 4.79 Å². The van der Waals surface area contributed by atoms with Crippen LogP contribution in [0.25, 0.3) is 0 Å². The predicted molar refractivity (Wildman–Crippen MR) is 51.3 cm³/mol. The first-order valence-electron chi connectivity index (χ1n) is 4.07. The van der Waals surface area contributed by atoms with E-state index in [9.17, 15) is 4.79 Å². The third kappa shape index (κ3) is 0.922. The molecular formula is C9H10BrNO. The summed E-state index contributed by atoms with van der Waals surface area (Å²) >= 11 is 3.47. The molecule has 2 nitrogen and oxygen atoms in total. The van der Waals surface area contributed by atoms with Crippen molar-refractivity contribution in [3.8, 4) is 0 Å². The monoisotopic (exact) mass is 227 g/mol. The number of hydrogen-bond donors (Lipinski definition) is 0. The fourth-order valence-corrected chi connectivity index (χ4v) is 2.47. The van der Waals surface area contributed by atoms with E-state index in [1.165, 1.54) is 0 Å². The standard InChI is InChI=1S/C9H10BrNO/c1-9-3-2-7(12)6(9)4-11-5-8(9)10/h4-6H,2-3H2,1H3. The number of fused-ring (bicyclic) bond motifs is 1. The fourth-order valence-electron chi connectivity index (χ4n) is 1.91. The number of aliphatic imine (C=N–C) groups is 1. The first-order chi connectivity index (χ1) is 5.64. The van der Waals surface area contributed by atoms with E-state index >= 15 is 0 Å². The van der Waals surface area contributed by atoms with Gasteiger partial charge in [0.2, 0.25) is 0 Å². The molecule has 0 aromatic carbocycles. The fraction of sp³-hybridized carbons (Fsp3) is 0.556. The molecule has 2 aliphatic rings. The van der Waals surface area contributed by atoms with Crippen LogP contribution in [0.4, 0.5) is 0 Å². The molecule has 0 aromatic rings. The second-order valence-corrected chi connectivity index (χ2v) is 4.49. The van der Waals surface area contributed by atoms with Gasteiger partial charge in [0.05, 0.1) is 5.92 Å². The Morgan fingerprint density at radius 2 is 2.50 bits per heavy atom. The third-order valence-electron chi connectivity index (χ3n) is 2.89. The number of allylic oxidation sites excluding steroid dienone is 1. The van der Waals surface area contributed by atoms with Gasteiger partial charge in [-0.2, -0.15) is 0 Å². The van der Waals surface area contributed by atoms with Crippen molar-refractivity contribution < 1.29 is 4.79 Å². The molecule has 3 heteroatoms. The largest absolute Gasteiger partial charge is 0.299 e. The van der Waals surface area contributed by atoms with E-state index in [4.69, 9.17) is 0 Å². The van der Waals surface area contributed by atoms with Gasteiger partial charge in [0, 0.05) is 28.7 Å². The third-order valence-corrected chi connectivity index (χ3v) is 4.00. The van der Waals surface area contributed by atoms with Crippen LogP contribution in [0.2, 0.25) is 0 Å². The Bertz CT molecular complexity index is 295. The van der Waals surface area contributed by atoms with Gasteiger partial charge < -0.3 is 0 Å². The van der Waals surface area contributed by atoms with Crippen molar-refractivity contribution in [3.05, 3.63) is 10.7 Å². The van der Waals surface area contributed by atoms with Crippen LogP contribution >= 0.6 is 15.9 Å². The molecule has 2 atom stereocenters. The lowest BCUT2D eigenvalue weighted by Crippen LogP contribution is -2.28. The highest BCUT2D eigenvalue weighted by Crippen LogP contribution is 2.49. The molecule has 0 radical (unpaired) electrons. The Labute approximate surface area is 79.9 Å². The van der Waals surface area contributed by atoms with Crippen molar-refractivity contribution in [1.82, 2.24) is 0 Å². The lowest BCUT2D eigenvalue weighted by molar-refractivity contribution is -0.119. The first kappa shape index (κ1) is 8.17. The minimum Gasteiger partial charge on any atom is -0.299 e. The van der Waals surface area contributed by atoms with Crippen LogP contribution in [0.5, 0.6) is 0 Å². The molecule has 64 valence electrons. The summed E-state index contributed by atoms with van der Waals surface area (Å²) in [6.07, 6.45) is 5.21. The Hall–Kier alpha value is -0.440. The summed E-state index contributed by atoms with van der Waals surface area (Å²) in [4.78, 5) is 15.5.